The van der Waals surface area contributed by atoms with Gasteiger partial charge in [0.15, 0.2) is 0 Å². The summed E-state index contributed by atoms with van der Waals surface area (Å²) in [6, 6.07) is 12.4. The van der Waals surface area contributed by atoms with E-state index in [0.29, 0.717) is 0 Å². The van der Waals surface area contributed by atoms with Crippen LogP contribution in [0.15, 0.2) is 47.7 Å². The van der Waals surface area contributed by atoms with E-state index in [1.807, 2.05) is 12.1 Å². The molecule has 0 fully saturated rings. The number of anilines is 1. The molecule has 0 N–H and O–H groups in total. The van der Waals surface area contributed by atoms with Crippen LogP contribution in [0.25, 0.3) is 0 Å². The second-order valence-corrected chi connectivity index (χ2v) is 6.54. The van der Waals surface area contributed by atoms with Gasteiger partial charge in [-0.25, -0.2) is 0 Å². The molecule has 3 heteroatoms. The molecule has 1 aliphatic rings. The molecule has 0 saturated heterocycles. The van der Waals surface area contributed by atoms with Crippen LogP contribution in [-0.4, -0.2) is 14.2 Å². The van der Waals surface area contributed by atoms with Gasteiger partial charge in [0.1, 0.15) is 18.0 Å². The third-order valence-corrected chi connectivity index (χ3v) is 5.03. The number of hydrogen-bond donors (Lipinski definition) is 0. The Morgan fingerprint density at radius 2 is 1.44 bits per heavy atom. The standard InChI is InChI=1S/C22H25NO2/c1-14-11-18(24-5)7-9-20(14)21-13-23(17(4)16(21)3)22-10-8-19(25-6)12-15(22)2/h7-12,21H,1-6H3. The van der Waals surface area contributed by atoms with Crippen LogP contribution in [0.1, 0.15) is 36.5 Å². The average Bonchev–Trinajstić information content (AvgIpc) is 2.90. The smallest absolute Gasteiger partial charge is 0.119 e. The Bertz CT molecular complexity index is 755. The zero-order valence-corrected chi connectivity index (χ0v) is 15.8. The molecule has 1 unspecified atom stereocenters. The average molecular weight is 335 g/mol. The molecule has 130 valence electrons. The van der Waals surface area contributed by atoms with Crippen molar-refractivity contribution in [2.24, 2.45) is 0 Å². The number of methoxy groups -OCH3 is 2. The first kappa shape index (κ1) is 17.4. The molecule has 3 nitrogen and oxygen atoms in total. The molecule has 2 radical (unpaired) electrons. The van der Waals surface area contributed by atoms with Crippen LogP contribution < -0.4 is 14.4 Å². The van der Waals surface area contributed by atoms with Crippen molar-refractivity contribution in [3.63, 3.8) is 0 Å². The first-order valence-corrected chi connectivity index (χ1v) is 8.49. The monoisotopic (exact) mass is 335 g/mol. The van der Waals surface area contributed by atoms with Crippen molar-refractivity contribution in [3.8, 4) is 11.5 Å². The Labute approximate surface area is 150 Å². The van der Waals surface area contributed by atoms with Gasteiger partial charge in [-0.2, -0.15) is 0 Å². The zero-order valence-electron chi connectivity index (χ0n) is 15.8. The summed E-state index contributed by atoms with van der Waals surface area (Å²) in [7, 11) is 3.39. The first-order valence-electron chi connectivity index (χ1n) is 8.49. The Kier molecular flexibility index (Phi) is 4.76. The minimum atomic E-state index is 0.160. The number of aryl methyl sites for hydroxylation is 2. The lowest BCUT2D eigenvalue weighted by Crippen LogP contribution is -2.15. The van der Waals surface area contributed by atoms with Gasteiger partial charge in [0.25, 0.3) is 0 Å². The van der Waals surface area contributed by atoms with Crippen molar-refractivity contribution < 1.29 is 9.47 Å². The highest BCUT2D eigenvalue weighted by Crippen LogP contribution is 2.43. The normalized spacial score (nSPS) is 17.2. The maximum Gasteiger partial charge on any atom is 0.119 e. The van der Waals surface area contributed by atoms with Gasteiger partial charge in [0.2, 0.25) is 0 Å². The van der Waals surface area contributed by atoms with E-state index in [9.17, 15) is 0 Å². The number of rotatable bonds is 4. The van der Waals surface area contributed by atoms with Crippen LogP contribution in [0, 0.1) is 20.4 Å². The summed E-state index contributed by atoms with van der Waals surface area (Å²) in [6.07, 6.45) is 0. The van der Waals surface area contributed by atoms with Crippen molar-refractivity contribution in [2.45, 2.75) is 33.6 Å². The number of ether oxygens (including phenoxy) is 2. The predicted molar refractivity (Wildman–Crippen MR) is 102 cm³/mol. The van der Waals surface area contributed by atoms with Gasteiger partial charge in [-0.3, -0.25) is 0 Å². The maximum absolute atomic E-state index is 5.33. The Balaban J connectivity index is 1.95. The Hall–Kier alpha value is -2.42. The van der Waals surface area contributed by atoms with Crippen molar-refractivity contribution in [3.05, 3.63) is 70.9 Å². The van der Waals surface area contributed by atoms with Crippen molar-refractivity contribution in [1.82, 2.24) is 0 Å². The fraction of sp³-hybridized carbons (Fsp3) is 0.318. The fourth-order valence-corrected chi connectivity index (χ4v) is 3.37. The summed E-state index contributed by atoms with van der Waals surface area (Å²) in [4.78, 5) is 2.18. The molecule has 3 rings (SSSR count). The van der Waals surface area contributed by atoms with E-state index >= 15 is 0 Å². The van der Waals surface area contributed by atoms with Crippen LogP contribution in [0.2, 0.25) is 0 Å². The number of hydrogen-bond acceptors (Lipinski definition) is 3. The molecule has 1 aliphatic heterocycles. The van der Waals surface area contributed by atoms with E-state index in [0.717, 1.165) is 17.2 Å². The minimum Gasteiger partial charge on any atom is -0.497 e. The Morgan fingerprint density at radius 1 is 0.840 bits per heavy atom. The SMILES string of the molecule is COc1ccc(C2[C]N(c3ccc(OC)cc3C)C(C)=C2C)c(C)c1. The van der Waals surface area contributed by atoms with Crippen LogP contribution in [0.4, 0.5) is 5.69 Å². The molecule has 0 bridgehead atoms. The number of nitrogens with zero attached hydrogens (tertiary/aromatic N) is 1. The van der Waals surface area contributed by atoms with Crippen LogP contribution in [0.5, 0.6) is 11.5 Å². The molecule has 0 aliphatic carbocycles. The topological polar surface area (TPSA) is 21.7 Å². The van der Waals surface area contributed by atoms with Gasteiger partial charge in [-0.15, -0.1) is 0 Å². The largest absolute Gasteiger partial charge is 0.497 e. The van der Waals surface area contributed by atoms with E-state index in [1.165, 1.54) is 28.0 Å². The molecule has 0 aromatic heterocycles. The summed E-state index contributed by atoms with van der Waals surface area (Å²) in [5.41, 5.74) is 7.36. The summed E-state index contributed by atoms with van der Waals surface area (Å²) >= 11 is 0. The molecule has 2 aromatic rings. The lowest BCUT2D eigenvalue weighted by molar-refractivity contribution is 0.414. The first-order chi connectivity index (χ1) is 12.0. The van der Waals surface area contributed by atoms with E-state index in [4.69, 9.17) is 9.47 Å². The molecular formula is C22H25NO2. The third kappa shape index (κ3) is 3.11. The van der Waals surface area contributed by atoms with Gasteiger partial charge in [0.05, 0.1) is 14.2 Å². The predicted octanol–water partition coefficient (Wildman–Crippen LogP) is 5.26. The van der Waals surface area contributed by atoms with E-state index in [2.05, 4.69) is 63.4 Å². The lowest BCUT2D eigenvalue weighted by Gasteiger charge is -2.23. The maximum atomic E-state index is 5.33. The van der Waals surface area contributed by atoms with Gasteiger partial charge < -0.3 is 14.4 Å². The van der Waals surface area contributed by atoms with Crippen molar-refractivity contribution in [2.75, 3.05) is 19.1 Å². The van der Waals surface area contributed by atoms with Crippen molar-refractivity contribution in [1.29, 1.82) is 0 Å². The minimum absolute atomic E-state index is 0.160. The van der Waals surface area contributed by atoms with E-state index in [1.54, 1.807) is 14.2 Å². The summed E-state index contributed by atoms with van der Waals surface area (Å²) < 4.78 is 10.7. The van der Waals surface area contributed by atoms with Gasteiger partial charge in [-0.1, -0.05) is 6.07 Å². The van der Waals surface area contributed by atoms with Crippen LogP contribution in [0.3, 0.4) is 0 Å². The summed E-state index contributed by atoms with van der Waals surface area (Å²) in [5, 5.41) is 0. The summed E-state index contributed by atoms with van der Waals surface area (Å²) in [6.45, 7) is 12.2. The number of allylic oxidation sites excluding steroid dienone is 1. The van der Waals surface area contributed by atoms with Crippen LogP contribution in [-0.2, 0) is 0 Å². The fourth-order valence-electron chi connectivity index (χ4n) is 3.37. The second kappa shape index (κ2) is 6.83. The molecule has 25 heavy (non-hydrogen) atoms. The van der Waals surface area contributed by atoms with Gasteiger partial charge >= 0.3 is 0 Å². The molecule has 0 amide bonds. The molecule has 1 atom stereocenters. The second-order valence-electron chi connectivity index (χ2n) is 6.54. The van der Waals surface area contributed by atoms with Crippen LogP contribution >= 0.6 is 0 Å². The van der Waals surface area contributed by atoms with E-state index < -0.39 is 0 Å². The lowest BCUT2D eigenvalue weighted by atomic mass is 9.90. The highest BCUT2D eigenvalue weighted by atomic mass is 16.5. The molecule has 0 saturated carbocycles. The molecular weight excluding hydrogens is 310 g/mol. The quantitative estimate of drug-likeness (QED) is 0.761. The molecule has 0 spiro atoms. The summed E-state index contributed by atoms with van der Waals surface area (Å²) in [5.74, 6) is 1.93. The van der Waals surface area contributed by atoms with Gasteiger partial charge in [0, 0.05) is 17.3 Å². The molecule has 1 heterocycles. The third-order valence-electron chi connectivity index (χ3n) is 5.03. The highest BCUT2D eigenvalue weighted by molar-refractivity contribution is 5.65. The molecule has 2 aromatic carbocycles. The number of benzene rings is 2. The highest BCUT2D eigenvalue weighted by Gasteiger charge is 2.31. The Morgan fingerprint density at radius 3 is 2.00 bits per heavy atom. The van der Waals surface area contributed by atoms with E-state index in [-0.39, 0.29) is 5.92 Å². The van der Waals surface area contributed by atoms with Crippen molar-refractivity contribution >= 4 is 5.69 Å². The zero-order chi connectivity index (χ0) is 18.1. The van der Waals surface area contributed by atoms with Gasteiger partial charge in [-0.05, 0) is 80.3 Å².